The second kappa shape index (κ2) is 5.78. The number of benzene rings is 1. The van der Waals surface area contributed by atoms with Crippen LogP contribution in [0, 0.1) is 6.92 Å². The second-order valence-electron chi connectivity index (χ2n) is 4.11. The third-order valence-corrected chi connectivity index (χ3v) is 4.96. The van der Waals surface area contributed by atoms with E-state index in [-0.39, 0.29) is 17.1 Å². The number of rotatable bonds is 5. The Bertz CT molecular complexity index is 710. The van der Waals surface area contributed by atoms with Gasteiger partial charge in [0.15, 0.2) is 0 Å². The zero-order valence-electron chi connectivity index (χ0n) is 11.1. The van der Waals surface area contributed by atoms with Crippen molar-refractivity contribution in [3.8, 4) is 5.75 Å². The molecular weight excluding hydrogens is 298 g/mol. The van der Waals surface area contributed by atoms with Gasteiger partial charge >= 0.3 is 0 Å². The number of thiazole rings is 1. The molecule has 0 fully saturated rings. The van der Waals surface area contributed by atoms with E-state index < -0.39 is 10.0 Å². The number of aromatic nitrogens is 1. The van der Waals surface area contributed by atoms with Gasteiger partial charge in [0, 0.05) is 11.1 Å². The molecule has 1 heterocycles. The minimum Gasteiger partial charge on any atom is -0.495 e. The highest BCUT2D eigenvalue weighted by molar-refractivity contribution is 7.89. The fourth-order valence-electron chi connectivity index (χ4n) is 1.60. The molecule has 0 aliphatic carbocycles. The number of nitrogens with two attached hydrogens (primary N) is 1. The molecule has 0 bridgehead atoms. The van der Waals surface area contributed by atoms with Gasteiger partial charge in [-0.1, -0.05) is 0 Å². The van der Waals surface area contributed by atoms with E-state index in [1.54, 1.807) is 0 Å². The van der Waals surface area contributed by atoms with Crippen LogP contribution in [0.15, 0.2) is 28.5 Å². The van der Waals surface area contributed by atoms with Crippen LogP contribution < -0.4 is 15.2 Å². The Kier molecular flexibility index (Phi) is 4.26. The van der Waals surface area contributed by atoms with Gasteiger partial charge in [-0.15, -0.1) is 11.3 Å². The van der Waals surface area contributed by atoms with Crippen molar-refractivity contribution in [3.05, 3.63) is 34.3 Å². The maximum absolute atomic E-state index is 12.1. The molecule has 20 heavy (non-hydrogen) atoms. The van der Waals surface area contributed by atoms with Crippen LogP contribution in [0.4, 0.5) is 5.69 Å². The van der Waals surface area contributed by atoms with Gasteiger partial charge in [-0.25, -0.2) is 18.1 Å². The third kappa shape index (κ3) is 3.27. The molecule has 6 nitrogen and oxygen atoms in total. The van der Waals surface area contributed by atoms with Crippen LogP contribution in [0.3, 0.4) is 0 Å². The fraction of sp³-hybridized carbons (Fsp3) is 0.250. The predicted molar refractivity (Wildman–Crippen MR) is 78.3 cm³/mol. The van der Waals surface area contributed by atoms with Crippen molar-refractivity contribution in [1.29, 1.82) is 0 Å². The number of hydrogen-bond acceptors (Lipinski definition) is 6. The number of nitrogens with zero attached hydrogens (tertiary/aromatic N) is 1. The first-order chi connectivity index (χ1) is 9.42. The molecule has 1 aromatic carbocycles. The lowest BCUT2D eigenvalue weighted by Crippen LogP contribution is -2.23. The number of nitrogens with one attached hydrogen (secondary N) is 1. The number of nitrogen functional groups attached to an aromatic ring is 1. The first-order valence-corrected chi connectivity index (χ1v) is 8.13. The molecule has 0 aliphatic rings. The van der Waals surface area contributed by atoms with Gasteiger partial charge in [-0.2, -0.15) is 0 Å². The summed E-state index contributed by atoms with van der Waals surface area (Å²) in [4.78, 5) is 4.30. The van der Waals surface area contributed by atoms with E-state index in [0.717, 1.165) is 5.69 Å². The molecule has 3 N–H and O–H groups in total. The van der Waals surface area contributed by atoms with Gasteiger partial charge in [0.2, 0.25) is 10.0 Å². The summed E-state index contributed by atoms with van der Waals surface area (Å²) in [7, 11) is -2.14. The van der Waals surface area contributed by atoms with Crippen molar-refractivity contribution in [1.82, 2.24) is 9.71 Å². The predicted octanol–water partition coefficient (Wildman–Crippen LogP) is 1.52. The molecule has 1 aromatic heterocycles. The quantitative estimate of drug-likeness (QED) is 0.816. The normalized spacial score (nSPS) is 11.5. The molecule has 0 spiro atoms. The Hall–Kier alpha value is -1.64. The van der Waals surface area contributed by atoms with E-state index in [2.05, 4.69) is 9.71 Å². The molecule has 108 valence electrons. The Morgan fingerprint density at radius 2 is 2.20 bits per heavy atom. The van der Waals surface area contributed by atoms with Crippen LogP contribution in [-0.2, 0) is 16.6 Å². The summed E-state index contributed by atoms with van der Waals surface area (Å²) in [6.45, 7) is 2.02. The minimum atomic E-state index is -3.62. The van der Waals surface area contributed by atoms with Crippen LogP contribution in [0.5, 0.6) is 5.75 Å². The van der Waals surface area contributed by atoms with Crippen LogP contribution in [0.2, 0.25) is 0 Å². The van der Waals surface area contributed by atoms with E-state index >= 15 is 0 Å². The number of aryl methyl sites for hydroxylation is 1. The molecule has 0 saturated carbocycles. The maximum atomic E-state index is 12.1. The molecule has 0 unspecified atom stereocenters. The number of methoxy groups -OCH3 is 1. The number of sulfonamides is 1. The fourth-order valence-corrected chi connectivity index (χ4v) is 3.43. The Morgan fingerprint density at radius 1 is 1.45 bits per heavy atom. The summed E-state index contributed by atoms with van der Waals surface area (Å²) in [5, 5.41) is 2.59. The monoisotopic (exact) mass is 313 g/mol. The topological polar surface area (TPSA) is 94.3 Å². The van der Waals surface area contributed by atoms with Crippen LogP contribution in [0.1, 0.15) is 10.7 Å². The summed E-state index contributed by atoms with van der Waals surface area (Å²) in [5.74, 6) is 0.444. The zero-order chi connectivity index (χ0) is 14.8. The zero-order valence-corrected chi connectivity index (χ0v) is 12.7. The van der Waals surface area contributed by atoms with Crippen molar-refractivity contribution in [2.75, 3.05) is 12.8 Å². The van der Waals surface area contributed by atoms with Crippen LogP contribution in [-0.4, -0.2) is 20.5 Å². The highest BCUT2D eigenvalue weighted by atomic mass is 32.2. The Morgan fingerprint density at radius 3 is 2.75 bits per heavy atom. The van der Waals surface area contributed by atoms with Gasteiger partial charge in [-0.3, -0.25) is 0 Å². The van der Waals surface area contributed by atoms with Crippen LogP contribution in [0.25, 0.3) is 0 Å². The maximum Gasteiger partial charge on any atom is 0.241 e. The smallest absolute Gasteiger partial charge is 0.241 e. The summed E-state index contributed by atoms with van der Waals surface area (Å²) in [6.07, 6.45) is 0. The van der Waals surface area contributed by atoms with Crippen molar-refractivity contribution in [2.24, 2.45) is 0 Å². The third-order valence-electron chi connectivity index (χ3n) is 2.59. The van der Waals surface area contributed by atoms with Gasteiger partial charge < -0.3 is 10.5 Å². The van der Waals surface area contributed by atoms with E-state index in [0.29, 0.717) is 10.8 Å². The molecular formula is C12H15N3O3S2. The van der Waals surface area contributed by atoms with Gasteiger partial charge in [-0.05, 0) is 25.1 Å². The summed E-state index contributed by atoms with van der Waals surface area (Å²) in [5.41, 5.74) is 6.86. The molecule has 0 atom stereocenters. The minimum absolute atomic E-state index is 0.101. The Balaban J connectivity index is 2.15. The standard InChI is InChI=1S/C12H15N3O3S2/c1-8-7-19-12(15-8)6-14-20(16,17)9-3-4-11(18-2)10(13)5-9/h3-5,7,14H,6,13H2,1-2H3. The van der Waals surface area contributed by atoms with Crippen molar-refractivity contribution < 1.29 is 13.2 Å². The first-order valence-electron chi connectivity index (χ1n) is 5.76. The Labute approximate surface area is 121 Å². The van der Waals surface area contributed by atoms with E-state index in [9.17, 15) is 8.42 Å². The SMILES string of the molecule is COc1ccc(S(=O)(=O)NCc2nc(C)cs2)cc1N. The lowest BCUT2D eigenvalue weighted by Gasteiger charge is -2.08. The lowest BCUT2D eigenvalue weighted by molar-refractivity contribution is 0.416. The summed E-state index contributed by atoms with van der Waals surface area (Å²) >= 11 is 1.41. The average molecular weight is 313 g/mol. The second-order valence-corrected chi connectivity index (χ2v) is 6.82. The molecule has 0 amide bonds. The summed E-state index contributed by atoms with van der Waals surface area (Å²) in [6, 6.07) is 4.34. The number of ether oxygens (including phenoxy) is 1. The molecule has 2 aromatic rings. The van der Waals surface area contributed by atoms with Gasteiger partial charge in [0.25, 0.3) is 0 Å². The van der Waals surface area contributed by atoms with Crippen molar-refractivity contribution in [3.63, 3.8) is 0 Å². The van der Waals surface area contributed by atoms with Gasteiger partial charge in [0.05, 0.1) is 24.2 Å². The first kappa shape index (κ1) is 14.8. The van der Waals surface area contributed by atoms with E-state index in [1.807, 2.05) is 12.3 Å². The van der Waals surface area contributed by atoms with Crippen molar-refractivity contribution >= 4 is 27.0 Å². The highest BCUT2D eigenvalue weighted by Gasteiger charge is 2.16. The average Bonchev–Trinajstić information content (AvgIpc) is 2.82. The summed E-state index contributed by atoms with van der Waals surface area (Å²) < 4.78 is 31.8. The highest BCUT2D eigenvalue weighted by Crippen LogP contribution is 2.24. The molecule has 2 rings (SSSR count). The molecule has 0 radical (unpaired) electrons. The molecule has 0 saturated heterocycles. The van der Waals surface area contributed by atoms with E-state index in [1.165, 1.54) is 36.6 Å². The number of hydrogen-bond donors (Lipinski definition) is 2. The van der Waals surface area contributed by atoms with Gasteiger partial charge in [0.1, 0.15) is 10.8 Å². The molecule has 8 heteroatoms. The van der Waals surface area contributed by atoms with Crippen molar-refractivity contribution in [2.45, 2.75) is 18.4 Å². The van der Waals surface area contributed by atoms with Crippen LogP contribution >= 0.6 is 11.3 Å². The van der Waals surface area contributed by atoms with E-state index in [4.69, 9.17) is 10.5 Å². The lowest BCUT2D eigenvalue weighted by atomic mass is 10.3. The number of anilines is 1. The molecule has 0 aliphatic heterocycles. The largest absolute Gasteiger partial charge is 0.495 e.